The van der Waals surface area contributed by atoms with E-state index in [2.05, 4.69) is 20.1 Å². The highest BCUT2D eigenvalue weighted by molar-refractivity contribution is 7.80. The van der Waals surface area contributed by atoms with Crippen LogP contribution in [0.5, 0.6) is 0 Å². The van der Waals surface area contributed by atoms with E-state index in [1.54, 1.807) is 33.0 Å². The molecular formula is C29H32ClF2N5O4S2. The van der Waals surface area contributed by atoms with Crippen molar-refractivity contribution in [3.8, 4) is 0 Å². The number of aliphatic carboxylic acids is 1. The second kappa shape index (κ2) is 12.5. The van der Waals surface area contributed by atoms with Crippen molar-refractivity contribution in [3.05, 3.63) is 68.3 Å². The lowest BCUT2D eigenvalue weighted by Gasteiger charge is -2.39. The normalized spacial score (nSPS) is 21.1. The van der Waals surface area contributed by atoms with Gasteiger partial charge in [-0.15, -0.1) is 11.3 Å². The number of carboxylic acids is 1. The number of nitrogens with one attached hydrogen (secondary N) is 1. The number of halogens is 3. The summed E-state index contributed by atoms with van der Waals surface area (Å²) >= 11 is 13.4. The molecule has 0 spiro atoms. The second-order valence-electron chi connectivity index (χ2n) is 11.3. The molecule has 9 nitrogen and oxygen atoms in total. The molecule has 230 valence electrons. The van der Waals surface area contributed by atoms with Gasteiger partial charge in [-0.05, 0) is 50.7 Å². The van der Waals surface area contributed by atoms with E-state index >= 15 is 0 Å². The SMILES string of the molecule is CCOC(=O)C1=C(CN2CCN3C(=S)N(CC(C)(C)C(=O)O)CC3C2)NC(c2nccs2)=CC1c1ccc(F)c(F)c1Cl. The summed E-state index contributed by atoms with van der Waals surface area (Å²) in [6, 6.07) is 2.42. The molecule has 2 saturated heterocycles. The number of carbonyl (C=O) groups is 2. The van der Waals surface area contributed by atoms with Crippen molar-refractivity contribution in [1.82, 2.24) is 25.0 Å². The van der Waals surface area contributed by atoms with Gasteiger partial charge in [0.1, 0.15) is 5.01 Å². The second-order valence-corrected chi connectivity index (χ2v) is 13.0. The van der Waals surface area contributed by atoms with E-state index in [0.717, 1.165) is 6.07 Å². The van der Waals surface area contributed by atoms with E-state index in [1.807, 2.05) is 10.3 Å². The number of nitrogens with zero attached hydrogens (tertiary/aromatic N) is 4. The molecule has 0 aliphatic carbocycles. The molecular weight excluding hydrogens is 620 g/mol. The van der Waals surface area contributed by atoms with E-state index in [4.69, 9.17) is 28.6 Å². The van der Waals surface area contributed by atoms with Crippen molar-refractivity contribution >= 4 is 57.9 Å². The third-order valence-corrected chi connectivity index (χ3v) is 9.56. The zero-order valence-electron chi connectivity index (χ0n) is 23.9. The lowest BCUT2D eigenvalue weighted by atomic mass is 9.86. The summed E-state index contributed by atoms with van der Waals surface area (Å²) in [4.78, 5) is 35.9. The average molecular weight is 652 g/mol. The summed E-state index contributed by atoms with van der Waals surface area (Å²) in [5.41, 5.74) is 0.698. The Bertz CT molecular complexity index is 1500. The van der Waals surface area contributed by atoms with Gasteiger partial charge in [-0.2, -0.15) is 0 Å². The van der Waals surface area contributed by atoms with Crippen LogP contribution in [0.1, 0.15) is 37.3 Å². The highest BCUT2D eigenvalue weighted by Crippen LogP contribution is 2.40. The lowest BCUT2D eigenvalue weighted by Crippen LogP contribution is -2.53. The molecule has 0 saturated carbocycles. The van der Waals surface area contributed by atoms with Crippen LogP contribution in [0, 0.1) is 17.0 Å². The Kier molecular flexibility index (Phi) is 9.07. The summed E-state index contributed by atoms with van der Waals surface area (Å²) in [7, 11) is 0. The number of allylic oxidation sites excluding steroid dienone is 1. The number of carboxylic acid groups (broad SMARTS) is 1. The number of aromatic nitrogens is 1. The fourth-order valence-corrected chi connectivity index (χ4v) is 6.96. The maximum absolute atomic E-state index is 14.7. The zero-order valence-corrected chi connectivity index (χ0v) is 26.3. The first-order valence-corrected chi connectivity index (χ1v) is 15.5. The number of thiazole rings is 1. The van der Waals surface area contributed by atoms with Gasteiger partial charge in [0.05, 0.1) is 34.4 Å². The molecule has 5 rings (SSSR count). The van der Waals surface area contributed by atoms with E-state index < -0.39 is 39.9 Å². The van der Waals surface area contributed by atoms with Crippen molar-refractivity contribution in [2.45, 2.75) is 32.7 Å². The van der Waals surface area contributed by atoms with Crippen LogP contribution in [-0.4, -0.2) is 93.8 Å². The van der Waals surface area contributed by atoms with Crippen LogP contribution in [0.4, 0.5) is 8.78 Å². The predicted octanol–water partition coefficient (Wildman–Crippen LogP) is 4.32. The number of hydrogen-bond acceptors (Lipinski definition) is 8. The fraction of sp³-hybridized carbons (Fsp3) is 0.448. The number of fused-ring (bicyclic) bond motifs is 1. The van der Waals surface area contributed by atoms with Gasteiger partial charge in [0.25, 0.3) is 0 Å². The number of dihydropyridines is 1. The summed E-state index contributed by atoms with van der Waals surface area (Å²) in [6.45, 7) is 8.26. The minimum Gasteiger partial charge on any atom is -0.481 e. The monoisotopic (exact) mass is 651 g/mol. The van der Waals surface area contributed by atoms with Crippen LogP contribution in [0.2, 0.25) is 5.02 Å². The lowest BCUT2D eigenvalue weighted by molar-refractivity contribution is -0.147. The molecule has 2 N–H and O–H groups in total. The van der Waals surface area contributed by atoms with Crippen molar-refractivity contribution in [3.63, 3.8) is 0 Å². The molecule has 2 atom stereocenters. The number of esters is 1. The molecule has 43 heavy (non-hydrogen) atoms. The van der Waals surface area contributed by atoms with Crippen molar-refractivity contribution in [2.75, 3.05) is 45.9 Å². The number of rotatable bonds is 9. The maximum atomic E-state index is 14.7. The summed E-state index contributed by atoms with van der Waals surface area (Å²) < 4.78 is 34.1. The molecule has 3 aliphatic rings. The van der Waals surface area contributed by atoms with Gasteiger partial charge in [0.15, 0.2) is 16.7 Å². The van der Waals surface area contributed by atoms with Crippen LogP contribution in [0.25, 0.3) is 5.70 Å². The maximum Gasteiger partial charge on any atom is 0.336 e. The molecule has 3 aliphatic heterocycles. The molecule has 4 heterocycles. The topological polar surface area (TPSA) is 98.2 Å². The van der Waals surface area contributed by atoms with Gasteiger partial charge < -0.3 is 25.0 Å². The number of ether oxygens (including phenoxy) is 1. The minimum atomic E-state index is -1.18. The predicted molar refractivity (Wildman–Crippen MR) is 164 cm³/mol. The fourth-order valence-electron chi connectivity index (χ4n) is 5.69. The van der Waals surface area contributed by atoms with E-state index in [1.165, 1.54) is 17.4 Å². The van der Waals surface area contributed by atoms with Crippen molar-refractivity contribution in [1.29, 1.82) is 0 Å². The highest BCUT2D eigenvalue weighted by Gasteiger charge is 2.42. The first kappa shape index (κ1) is 31.3. The van der Waals surface area contributed by atoms with Gasteiger partial charge in [0, 0.05) is 62.5 Å². The Morgan fingerprint density at radius 2 is 2.05 bits per heavy atom. The molecule has 2 unspecified atom stereocenters. The Morgan fingerprint density at radius 3 is 2.72 bits per heavy atom. The smallest absolute Gasteiger partial charge is 0.336 e. The van der Waals surface area contributed by atoms with Crippen LogP contribution >= 0.6 is 35.2 Å². The Balaban J connectivity index is 1.47. The molecule has 0 bridgehead atoms. The number of thiocarbonyl (C=S) groups is 1. The van der Waals surface area contributed by atoms with E-state index in [0.29, 0.717) is 60.8 Å². The van der Waals surface area contributed by atoms with Gasteiger partial charge in [-0.3, -0.25) is 9.69 Å². The first-order chi connectivity index (χ1) is 20.4. The number of piperazine rings is 1. The standard InChI is InChI=1S/C29H32ClF2N5O4S2/c1-4-41-26(38)22-18(17-5-6-19(31)24(32)23(17)30)11-20(25-33-7-10-43-25)34-21(22)14-35-8-9-37-16(12-35)13-36(28(37)42)15-29(2,3)27(39)40/h5-7,10-11,16,18,34H,4,8-9,12-15H2,1-3H3,(H,39,40). The molecule has 2 fully saturated rings. The average Bonchev–Trinajstić information content (AvgIpc) is 3.60. The quantitative estimate of drug-likeness (QED) is 0.232. The Morgan fingerprint density at radius 1 is 1.28 bits per heavy atom. The third kappa shape index (κ3) is 6.26. The number of hydrogen-bond donors (Lipinski definition) is 2. The Hall–Kier alpha value is -3.13. The van der Waals surface area contributed by atoms with Crippen LogP contribution in [0.15, 0.2) is 41.1 Å². The van der Waals surface area contributed by atoms with Crippen LogP contribution in [0.3, 0.4) is 0 Å². The summed E-state index contributed by atoms with van der Waals surface area (Å²) in [6.07, 6.45) is 3.40. The van der Waals surface area contributed by atoms with Crippen molar-refractivity contribution in [2.24, 2.45) is 5.41 Å². The number of carbonyl (C=O) groups excluding carboxylic acids is 1. The molecule has 1 aromatic heterocycles. The number of benzene rings is 1. The third-order valence-electron chi connectivity index (χ3n) is 7.87. The highest BCUT2D eigenvalue weighted by atomic mass is 35.5. The zero-order chi connectivity index (χ0) is 31.1. The molecule has 14 heteroatoms. The van der Waals surface area contributed by atoms with E-state index in [9.17, 15) is 23.5 Å². The van der Waals surface area contributed by atoms with Crippen LogP contribution < -0.4 is 5.32 Å². The van der Waals surface area contributed by atoms with Gasteiger partial charge in [-0.25, -0.2) is 18.6 Å². The van der Waals surface area contributed by atoms with E-state index in [-0.39, 0.29) is 23.8 Å². The molecule has 2 aromatic rings. The largest absolute Gasteiger partial charge is 0.481 e. The van der Waals surface area contributed by atoms with Gasteiger partial charge >= 0.3 is 11.9 Å². The summed E-state index contributed by atoms with van der Waals surface area (Å²) in [5, 5.41) is 15.7. The minimum absolute atomic E-state index is 0.0338. The molecule has 1 aromatic carbocycles. The first-order valence-electron chi connectivity index (χ1n) is 13.8. The van der Waals surface area contributed by atoms with Gasteiger partial charge in [0.2, 0.25) is 0 Å². The Labute approximate surface area is 262 Å². The van der Waals surface area contributed by atoms with Crippen molar-refractivity contribution < 1.29 is 28.2 Å². The van der Waals surface area contributed by atoms with Crippen LogP contribution in [-0.2, 0) is 14.3 Å². The molecule has 0 radical (unpaired) electrons. The summed E-state index contributed by atoms with van der Waals surface area (Å²) in [5.74, 6) is -4.57. The molecule has 0 amide bonds. The van der Waals surface area contributed by atoms with Gasteiger partial charge in [-0.1, -0.05) is 17.7 Å².